The van der Waals surface area contributed by atoms with Gasteiger partial charge in [0.1, 0.15) is 5.75 Å². The van der Waals surface area contributed by atoms with Crippen LogP contribution in [0.1, 0.15) is 93.6 Å². The van der Waals surface area contributed by atoms with E-state index in [4.69, 9.17) is 32.7 Å². The lowest BCUT2D eigenvalue weighted by atomic mass is 9.79. The van der Waals surface area contributed by atoms with Gasteiger partial charge >= 0.3 is 6.09 Å². The van der Waals surface area contributed by atoms with Crippen molar-refractivity contribution in [2.45, 2.75) is 112 Å². The average molecular weight is 704 g/mol. The van der Waals surface area contributed by atoms with Gasteiger partial charge < -0.3 is 14.4 Å². The molecule has 0 aliphatic carbocycles. The molecule has 1 saturated heterocycles. The van der Waals surface area contributed by atoms with Gasteiger partial charge in [0.15, 0.2) is 6.23 Å². The lowest BCUT2D eigenvalue weighted by Gasteiger charge is -2.49. The molecule has 1 atom stereocenters. The number of nitrogens with zero attached hydrogens (tertiary/aromatic N) is 4. The van der Waals surface area contributed by atoms with Gasteiger partial charge in [0.2, 0.25) is 5.91 Å². The van der Waals surface area contributed by atoms with E-state index in [2.05, 4.69) is 44.4 Å². The minimum absolute atomic E-state index is 0.0139. The Morgan fingerprint density at radius 3 is 2.25 bits per heavy atom. The molecule has 0 saturated carbocycles. The van der Waals surface area contributed by atoms with E-state index < -0.39 is 23.4 Å². The second-order valence-corrected chi connectivity index (χ2v) is 16.8. The molecule has 1 fully saturated rings. The number of amides is 2. The summed E-state index contributed by atoms with van der Waals surface area (Å²) in [6.45, 7) is 23.9. The number of rotatable bonds is 11. The van der Waals surface area contributed by atoms with E-state index >= 15 is 0 Å². The van der Waals surface area contributed by atoms with E-state index in [1.165, 1.54) is 0 Å². The quantitative estimate of drug-likeness (QED) is 0.218. The van der Waals surface area contributed by atoms with Gasteiger partial charge in [0.25, 0.3) is 0 Å². The third-order valence-electron chi connectivity index (χ3n) is 9.03. The fourth-order valence-electron chi connectivity index (χ4n) is 7.60. The Hall–Kier alpha value is -2.68. The van der Waals surface area contributed by atoms with Crippen molar-refractivity contribution < 1.29 is 19.1 Å². The molecule has 0 radical (unpaired) electrons. The summed E-state index contributed by atoms with van der Waals surface area (Å²) in [6.07, 6.45) is 2.56. The predicted molar refractivity (Wildman–Crippen MR) is 198 cm³/mol. The molecule has 10 heteroatoms. The van der Waals surface area contributed by atoms with Crippen LogP contribution < -0.4 is 14.5 Å². The summed E-state index contributed by atoms with van der Waals surface area (Å²) >= 11 is 12.7. The molecule has 0 aromatic heterocycles. The van der Waals surface area contributed by atoms with Crippen LogP contribution in [0.3, 0.4) is 0 Å². The van der Waals surface area contributed by atoms with Gasteiger partial charge in [-0.25, -0.2) is 4.79 Å². The van der Waals surface area contributed by atoms with Crippen molar-refractivity contribution in [2.75, 3.05) is 49.1 Å². The smallest absolute Gasteiger partial charge is 0.412 e. The van der Waals surface area contributed by atoms with Crippen LogP contribution in [-0.4, -0.2) is 78.4 Å². The number of anilines is 2. The second-order valence-electron chi connectivity index (χ2n) is 16.1. The van der Waals surface area contributed by atoms with Gasteiger partial charge in [-0.3, -0.25) is 19.5 Å². The van der Waals surface area contributed by atoms with Gasteiger partial charge in [-0.1, -0.05) is 56.1 Å². The molecule has 8 nitrogen and oxygen atoms in total. The highest BCUT2D eigenvalue weighted by Gasteiger charge is 2.43. The molecule has 48 heavy (non-hydrogen) atoms. The zero-order valence-corrected chi connectivity index (χ0v) is 32.0. The average Bonchev–Trinajstić information content (AvgIpc) is 2.96. The fourth-order valence-corrected chi connectivity index (χ4v) is 8.01. The summed E-state index contributed by atoms with van der Waals surface area (Å²) in [5, 5.41) is 1.21. The van der Waals surface area contributed by atoms with Crippen molar-refractivity contribution in [3.05, 3.63) is 52.0 Å². The van der Waals surface area contributed by atoms with Crippen LogP contribution in [0, 0.1) is 5.41 Å². The van der Waals surface area contributed by atoms with E-state index in [9.17, 15) is 9.59 Å². The van der Waals surface area contributed by atoms with E-state index in [1.54, 1.807) is 11.8 Å². The number of hydrogen-bond acceptors (Lipinski definition) is 6. The summed E-state index contributed by atoms with van der Waals surface area (Å²) in [5.41, 5.74) is 1.87. The van der Waals surface area contributed by atoms with Gasteiger partial charge in [0.05, 0.1) is 28.0 Å². The first-order valence-corrected chi connectivity index (χ1v) is 18.1. The molecule has 2 aromatic carbocycles. The van der Waals surface area contributed by atoms with E-state index in [-0.39, 0.29) is 11.3 Å². The van der Waals surface area contributed by atoms with E-state index in [0.29, 0.717) is 35.2 Å². The second kappa shape index (κ2) is 15.5. The number of carbonyl (C=O) groups is 2. The molecule has 0 spiro atoms. The number of aryl methyl sites for hydroxylation is 1. The van der Waals surface area contributed by atoms with Crippen LogP contribution in [0.2, 0.25) is 10.0 Å². The van der Waals surface area contributed by atoms with Crippen LogP contribution >= 0.6 is 23.2 Å². The maximum atomic E-state index is 13.8. The Balaban J connectivity index is 1.32. The van der Waals surface area contributed by atoms with Crippen LogP contribution in [0.15, 0.2) is 36.4 Å². The zero-order valence-electron chi connectivity index (χ0n) is 30.5. The Morgan fingerprint density at radius 2 is 1.60 bits per heavy atom. The van der Waals surface area contributed by atoms with Gasteiger partial charge in [0, 0.05) is 49.7 Å². The molecule has 2 heterocycles. The molecule has 2 aliphatic rings. The maximum absolute atomic E-state index is 13.8. The van der Waals surface area contributed by atoms with E-state index in [1.807, 2.05) is 62.1 Å². The Bertz CT molecular complexity index is 1430. The monoisotopic (exact) mass is 702 g/mol. The normalized spacial score (nSPS) is 16.9. The number of fused-ring (bicyclic) bond motifs is 1. The minimum atomic E-state index is -0.773. The third kappa shape index (κ3) is 9.72. The van der Waals surface area contributed by atoms with Crippen molar-refractivity contribution in [1.82, 2.24) is 9.80 Å². The molecule has 2 aliphatic heterocycles. The molecule has 1 unspecified atom stereocenters. The SMILES string of the molecule is CC(OC(=O)N(C(C)(C)C)C(C)(C)CC(C)(C)C)N1C(=O)CCc2ccc(OCCCCN3CCN(c4cccc(Cl)c4Cl)CC3)cc21. The molecule has 266 valence electrons. The fraction of sp³-hybridized carbons (Fsp3) is 0.632. The van der Waals surface area contributed by atoms with Crippen molar-refractivity contribution >= 4 is 46.6 Å². The Kier molecular flexibility index (Phi) is 12.3. The molecular weight excluding hydrogens is 647 g/mol. The topological polar surface area (TPSA) is 65.6 Å². The highest BCUT2D eigenvalue weighted by Crippen LogP contribution is 2.38. The minimum Gasteiger partial charge on any atom is -0.494 e. The highest BCUT2D eigenvalue weighted by molar-refractivity contribution is 6.43. The summed E-state index contributed by atoms with van der Waals surface area (Å²) in [6, 6.07) is 11.7. The zero-order chi connectivity index (χ0) is 35.4. The molecule has 0 N–H and O–H groups in total. The van der Waals surface area contributed by atoms with Crippen molar-refractivity contribution in [1.29, 1.82) is 0 Å². The Labute approximate surface area is 298 Å². The molecular formula is C38H56Cl2N4O4. The van der Waals surface area contributed by atoms with Crippen molar-refractivity contribution in [2.24, 2.45) is 5.41 Å². The highest BCUT2D eigenvalue weighted by atomic mass is 35.5. The summed E-state index contributed by atoms with van der Waals surface area (Å²) < 4.78 is 12.3. The summed E-state index contributed by atoms with van der Waals surface area (Å²) in [4.78, 5) is 35.3. The van der Waals surface area contributed by atoms with Gasteiger partial charge in [-0.05, 0) is 103 Å². The number of benzene rings is 2. The first-order valence-electron chi connectivity index (χ1n) is 17.4. The number of halogens is 2. The van der Waals surface area contributed by atoms with Crippen LogP contribution in [0.5, 0.6) is 5.75 Å². The predicted octanol–water partition coefficient (Wildman–Crippen LogP) is 9.05. The van der Waals surface area contributed by atoms with Crippen LogP contribution in [0.4, 0.5) is 16.2 Å². The standard InChI is InChI=1S/C38H56Cl2N4O4/c1-27(48-35(46)44(37(5,6)7)38(8,9)26-36(2,3)4)43-32-25-29(17-15-28(32)16-18-33(43)45)47-24-11-10-19-41-20-22-42(23-21-41)31-14-12-13-30(39)34(31)40/h12-15,17,25,27H,10-11,16,18-24,26H2,1-9H3. The van der Waals surface area contributed by atoms with Gasteiger partial charge in [-0.15, -0.1) is 0 Å². The van der Waals surface area contributed by atoms with Crippen molar-refractivity contribution in [3.8, 4) is 5.75 Å². The largest absolute Gasteiger partial charge is 0.494 e. The summed E-state index contributed by atoms with van der Waals surface area (Å²) in [7, 11) is 0. The third-order valence-corrected chi connectivity index (χ3v) is 9.84. The lowest BCUT2D eigenvalue weighted by molar-refractivity contribution is -0.121. The summed E-state index contributed by atoms with van der Waals surface area (Å²) in [5.74, 6) is 0.649. The first kappa shape index (κ1) is 38.1. The lowest BCUT2D eigenvalue weighted by Crippen LogP contribution is -2.59. The van der Waals surface area contributed by atoms with Gasteiger partial charge in [-0.2, -0.15) is 0 Å². The van der Waals surface area contributed by atoms with Crippen LogP contribution in [0.25, 0.3) is 0 Å². The first-order chi connectivity index (χ1) is 22.4. The molecule has 2 amide bonds. The number of ether oxygens (including phenoxy) is 2. The number of hydrogen-bond donors (Lipinski definition) is 0. The van der Waals surface area contributed by atoms with E-state index in [0.717, 1.165) is 68.9 Å². The maximum Gasteiger partial charge on any atom is 0.412 e. The number of carbonyl (C=O) groups excluding carboxylic acids is 2. The van der Waals surface area contributed by atoms with Crippen molar-refractivity contribution in [3.63, 3.8) is 0 Å². The number of unbranched alkanes of at least 4 members (excludes halogenated alkanes) is 1. The number of piperazine rings is 1. The van der Waals surface area contributed by atoms with Crippen LogP contribution in [-0.2, 0) is 16.0 Å². The molecule has 0 bridgehead atoms. The Morgan fingerprint density at radius 1 is 0.917 bits per heavy atom. The molecule has 2 aromatic rings. The molecule has 4 rings (SSSR count).